The molecule has 3 atom stereocenters. The molecule has 1 saturated carbocycles. The fraction of sp³-hybridized carbons (Fsp3) is 0.654. The monoisotopic (exact) mass is 461 g/mol. The summed E-state index contributed by atoms with van der Waals surface area (Å²) in [6.45, 7) is 13.9. The predicted molar refractivity (Wildman–Crippen MR) is 133 cm³/mol. The maximum atomic E-state index is 13.0. The van der Waals surface area contributed by atoms with Gasteiger partial charge >= 0.3 is 0 Å². The molecule has 1 aliphatic carbocycles. The van der Waals surface area contributed by atoms with Crippen molar-refractivity contribution in [2.24, 2.45) is 5.92 Å². The fourth-order valence-electron chi connectivity index (χ4n) is 3.77. The molecule has 1 aromatic carbocycles. The van der Waals surface area contributed by atoms with Gasteiger partial charge in [0.15, 0.2) is 8.32 Å². The second-order valence-corrected chi connectivity index (χ2v) is 15.2. The molecular weight excluding hydrogens is 418 g/mol. The van der Waals surface area contributed by atoms with Gasteiger partial charge in [-0.3, -0.25) is 9.63 Å². The number of hydrogen-bond donors (Lipinski definition) is 0. The Morgan fingerprint density at radius 3 is 2.47 bits per heavy atom. The lowest BCUT2D eigenvalue weighted by Gasteiger charge is -2.41. The lowest BCUT2D eigenvalue weighted by molar-refractivity contribution is -0.183. The molecule has 2 rings (SSSR count). The SMILES string of the molecule is CON(C)C(=O)[C@H](OCc1ccccc1)[C@H](C)/C=C1/CCCC[C@H]1O[Si](C)(C)C(C)(C)C. The van der Waals surface area contributed by atoms with E-state index in [0.29, 0.717) is 6.61 Å². The highest BCUT2D eigenvalue weighted by atomic mass is 28.4. The van der Waals surface area contributed by atoms with Gasteiger partial charge in [0, 0.05) is 13.0 Å². The standard InChI is InChI=1S/C26H43NO4Si/c1-20(18-22-16-12-13-17-23(22)31-32(7,8)26(2,3)4)24(25(28)27(5)29-6)30-19-21-14-10-9-11-15-21/h9-11,14-15,18,20,23-24H,12-13,16-17,19H2,1-8H3/b22-18-/t20-,23-,24-/m1/s1. The van der Waals surface area contributed by atoms with Crippen LogP contribution in [0.4, 0.5) is 0 Å². The number of hydrogen-bond acceptors (Lipinski definition) is 4. The largest absolute Gasteiger partial charge is 0.410 e. The van der Waals surface area contributed by atoms with Gasteiger partial charge in [-0.2, -0.15) is 0 Å². The van der Waals surface area contributed by atoms with Gasteiger partial charge in [-0.25, -0.2) is 5.06 Å². The number of rotatable bonds is 9. The molecule has 1 amide bonds. The van der Waals surface area contributed by atoms with E-state index in [4.69, 9.17) is 14.0 Å². The van der Waals surface area contributed by atoms with Gasteiger partial charge in [-0.1, -0.05) is 70.5 Å². The van der Waals surface area contributed by atoms with Crippen molar-refractivity contribution in [3.63, 3.8) is 0 Å². The fourth-order valence-corrected chi connectivity index (χ4v) is 5.10. The summed E-state index contributed by atoms with van der Waals surface area (Å²) in [6, 6.07) is 9.95. The van der Waals surface area contributed by atoms with Crippen LogP contribution in [-0.2, 0) is 25.4 Å². The van der Waals surface area contributed by atoms with Crippen LogP contribution in [0.3, 0.4) is 0 Å². The second-order valence-electron chi connectivity index (χ2n) is 10.4. The molecule has 1 aromatic rings. The molecule has 32 heavy (non-hydrogen) atoms. The average molecular weight is 462 g/mol. The summed E-state index contributed by atoms with van der Waals surface area (Å²) in [5.41, 5.74) is 2.36. The molecule has 180 valence electrons. The summed E-state index contributed by atoms with van der Waals surface area (Å²) in [5, 5.41) is 1.43. The molecule has 0 bridgehead atoms. The number of carbonyl (C=O) groups is 1. The van der Waals surface area contributed by atoms with Crippen LogP contribution in [0.5, 0.6) is 0 Å². The van der Waals surface area contributed by atoms with Crippen LogP contribution in [0, 0.1) is 5.92 Å². The maximum absolute atomic E-state index is 13.0. The van der Waals surface area contributed by atoms with Crippen molar-refractivity contribution >= 4 is 14.2 Å². The molecule has 0 aromatic heterocycles. The zero-order valence-corrected chi connectivity index (χ0v) is 22.3. The quantitative estimate of drug-likeness (QED) is 0.253. The first kappa shape index (κ1) is 26.8. The average Bonchev–Trinajstić information content (AvgIpc) is 2.74. The van der Waals surface area contributed by atoms with Gasteiger partial charge in [-0.05, 0) is 48.5 Å². The van der Waals surface area contributed by atoms with E-state index in [1.807, 2.05) is 30.3 Å². The number of nitrogens with zero attached hydrogens (tertiary/aromatic N) is 1. The van der Waals surface area contributed by atoms with E-state index < -0.39 is 14.4 Å². The maximum Gasteiger partial charge on any atom is 0.275 e. The van der Waals surface area contributed by atoms with E-state index in [-0.39, 0.29) is 23.0 Å². The van der Waals surface area contributed by atoms with E-state index in [1.54, 1.807) is 7.05 Å². The van der Waals surface area contributed by atoms with E-state index >= 15 is 0 Å². The zero-order valence-electron chi connectivity index (χ0n) is 21.3. The minimum absolute atomic E-state index is 0.0950. The Kier molecular flexibility index (Phi) is 9.70. The smallest absolute Gasteiger partial charge is 0.275 e. The first-order valence-electron chi connectivity index (χ1n) is 11.8. The van der Waals surface area contributed by atoms with Crippen LogP contribution in [0.1, 0.15) is 58.9 Å². The Hall–Kier alpha value is -1.47. The molecule has 0 N–H and O–H groups in total. The Morgan fingerprint density at radius 2 is 1.88 bits per heavy atom. The van der Waals surface area contributed by atoms with Gasteiger partial charge in [0.05, 0.1) is 19.8 Å². The van der Waals surface area contributed by atoms with E-state index in [9.17, 15) is 4.79 Å². The van der Waals surface area contributed by atoms with Crippen molar-refractivity contribution in [1.29, 1.82) is 0 Å². The predicted octanol–water partition coefficient (Wildman–Crippen LogP) is 6.12. The Morgan fingerprint density at radius 1 is 1.22 bits per heavy atom. The summed E-state index contributed by atoms with van der Waals surface area (Å²) in [4.78, 5) is 18.2. The number of likely N-dealkylation sites (N-methyl/N-ethyl adjacent to an activating group) is 1. The Bertz CT molecular complexity index is 757. The van der Waals surface area contributed by atoms with Crippen molar-refractivity contribution in [3.8, 4) is 0 Å². The van der Waals surface area contributed by atoms with Gasteiger partial charge in [0.1, 0.15) is 6.10 Å². The molecule has 0 radical (unpaired) electrons. The van der Waals surface area contributed by atoms with Crippen LogP contribution >= 0.6 is 0 Å². The summed E-state index contributed by atoms with van der Waals surface area (Å²) >= 11 is 0. The minimum Gasteiger partial charge on any atom is -0.410 e. The van der Waals surface area contributed by atoms with Gasteiger partial charge in [0.2, 0.25) is 0 Å². The van der Waals surface area contributed by atoms with E-state index in [1.165, 1.54) is 24.2 Å². The van der Waals surface area contributed by atoms with Crippen molar-refractivity contribution in [2.75, 3.05) is 14.2 Å². The summed E-state index contributed by atoms with van der Waals surface area (Å²) < 4.78 is 13.0. The highest BCUT2D eigenvalue weighted by molar-refractivity contribution is 6.74. The third kappa shape index (κ3) is 7.27. The highest BCUT2D eigenvalue weighted by Gasteiger charge is 2.40. The van der Waals surface area contributed by atoms with Crippen LogP contribution in [0.2, 0.25) is 18.1 Å². The van der Waals surface area contributed by atoms with Crippen molar-refractivity contribution < 1.29 is 18.8 Å². The zero-order chi connectivity index (χ0) is 23.9. The first-order valence-corrected chi connectivity index (χ1v) is 14.7. The van der Waals surface area contributed by atoms with Crippen LogP contribution in [-0.4, -0.2) is 45.7 Å². The molecule has 1 aliphatic rings. The molecule has 6 heteroatoms. The van der Waals surface area contributed by atoms with Crippen LogP contribution in [0.15, 0.2) is 42.0 Å². The Labute approximate surface area is 196 Å². The van der Waals surface area contributed by atoms with Gasteiger partial charge in [-0.15, -0.1) is 0 Å². The molecular formula is C26H43NO4Si. The van der Waals surface area contributed by atoms with Gasteiger partial charge in [0.25, 0.3) is 5.91 Å². The highest BCUT2D eigenvalue weighted by Crippen LogP contribution is 2.40. The summed E-state index contributed by atoms with van der Waals surface area (Å²) in [5.74, 6) is -0.270. The number of amides is 1. The van der Waals surface area contributed by atoms with Crippen molar-refractivity contribution in [1.82, 2.24) is 5.06 Å². The normalized spacial score (nSPS) is 20.8. The van der Waals surface area contributed by atoms with Crippen molar-refractivity contribution in [3.05, 3.63) is 47.5 Å². The van der Waals surface area contributed by atoms with Gasteiger partial charge < -0.3 is 9.16 Å². The van der Waals surface area contributed by atoms with E-state index in [0.717, 1.165) is 24.8 Å². The molecule has 1 fully saturated rings. The minimum atomic E-state index is -1.88. The third-order valence-electron chi connectivity index (χ3n) is 6.89. The van der Waals surface area contributed by atoms with Crippen LogP contribution in [0.25, 0.3) is 0 Å². The molecule has 0 spiro atoms. The number of carbonyl (C=O) groups excluding carboxylic acids is 1. The lowest BCUT2D eigenvalue weighted by Crippen LogP contribution is -2.45. The number of ether oxygens (including phenoxy) is 1. The van der Waals surface area contributed by atoms with Crippen molar-refractivity contribution in [2.45, 2.75) is 90.3 Å². The summed E-state index contributed by atoms with van der Waals surface area (Å²) in [6.07, 6.45) is 6.16. The number of hydroxylamine groups is 2. The second kappa shape index (κ2) is 11.6. The lowest BCUT2D eigenvalue weighted by atomic mass is 9.88. The van der Waals surface area contributed by atoms with E-state index in [2.05, 4.69) is 46.9 Å². The first-order chi connectivity index (χ1) is 15.0. The molecule has 0 saturated heterocycles. The Balaban J connectivity index is 2.23. The molecule has 5 nitrogen and oxygen atoms in total. The molecule has 0 unspecified atom stereocenters. The topological polar surface area (TPSA) is 48.0 Å². The summed E-state index contributed by atoms with van der Waals surface area (Å²) in [7, 11) is 1.25. The molecule has 0 aliphatic heterocycles. The van der Waals surface area contributed by atoms with Crippen LogP contribution < -0.4 is 0 Å². The number of benzene rings is 1. The molecule has 0 heterocycles. The third-order valence-corrected chi connectivity index (χ3v) is 11.4.